The number of allylic oxidation sites excluding steroid dienone is 3. The summed E-state index contributed by atoms with van der Waals surface area (Å²) in [6.07, 6.45) is 1.08. The first-order valence-corrected chi connectivity index (χ1v) is 7.51. The molecule has 3 nitrogen and oxygen atoms in total. The number of carbonyl (C=O) groups is 1. The summed E-state index contributed by atoms with van der Waals surface area (Å²) in [5.74, 6) is -29.0. The highest BCUT2D eigenvalue weighted by Gasteiger charge is 2.87. The van der Waals surface area contributed by atoms with Crippen LogP contribution in [0.4, 0.5) is 43.9 Å². The Morgan fingerprint density at radius 2 is 1.50 bits per heavy atom. The lowest BCUT2D eigenvalue weighted by atomic mass is 9.94. The molecule has 28 heavy (non-hydrogen) atoms. The topological polar surface area (TPSA) is 32.3 Å². The zero-order valence-corrected chi connectivity index (χ0v) is 14.2. The van der Waals surface area contributed by atoms with Gasteiger partial charge in [-0.25, -0.2) is 0 Å². The van der Waals surface area contributed by atoms with Crippen molar-refractivity contribution in [2.45, 2.75) is 42.2 Å². The SMILES string of the molecule is CC1=CC2NC(=O)C=C(C(F)(F)C(F)(F)C(F)(F)C(F)(F)C(F)(F)Cl)N2C=C1. The van der Waals surface area contributed by atoms with Crippen LogP contribution in [0.2, 0.25) is 0 Å². The molecule has 2 aliphatic heterocycles. The van der Waals surface area contributed by atoms with Gasteiger partial charge in [-0.1, -0.05) is 0 Å². The zero-order valence-electron chi connectivity index (χ0n) is 13.4. The Labute approximate surface area is 155 Å². The van der Waals surface area contributed by atoms with E-state index in [0.717, 1.165) is 12.2 Å². The molecule has 1 unspecified atom stereocenters. The molecule has 158 valence electrons. The maximum Gasteiger partial charge on any atom is 0.393 e. The molecule has 0 aromatic heterocycles. The normalized spacial score (nSPS) is 21.8. The smallest absolute Gasteiger partial charge is 0.329 e. The molecule has 0 fully saturated rings. The van der Waals surface area contributed by atoms with Crippen LogP contribution in [0.15, 0.2) is 35.7 Å². The van der Waals surface area contributed by atoms with E-state index < -0.39 is 46.8 Å². The van der Waals surface area contributed by atoms with E-state index >= 15 is 0 Å². The van der Waals surface area contributed by atoms with Gasteiger partial charge in [-0.2, -0.15) is 43.9 Å². The van der Waals surface area contributed by atoms with E-state index in [1.807, 2.05) is 5.32 Å². The third kappa shape index (κ3) is 3.03. The Balaban J connectivity index is 2.58. The fraction of sp³-hybridized carbons (Fsp3) is 0.500. The van der Waals surface area contributed by atoms with Gasteiger partial charge in [0, 0.05) is 12.3 Å². The van der Waals surface area contributed by atoms with Gasteiger partial charge in [0.15, 0.2) is 0 Å². The molecular formula is C14H9ClF10N2O. The second-order valence-electron chi connectivity index (χ2n) is 5.91. The summed E-state index contributed by atoms with van der Waals surface area (Å²) in [5, 5.41) is -4.25. The Kier molecular flexibility index (Phi) is 5.03. The second kappa shape index (κ2) is 6.29. The summed E-state index contributed by atoms with van der Waals surface area (Å²) in [5.41, 5.74) is -1.74. The van der Waals surface area contributed by atoms with Crippen LogP contribution < -0.4 is 5.32 Å². The summed E-state index contributed by atoms with van der Waals surface area (Å²) in [6, 6.07) is 0. The summed E-state index contributed by atoms with van der Waals surface area (Å²) >= 11 is 3.75. The first-order valence-electron chi connectivity index (χ1n) is 7.13. The number of fused-ring (bicyclic) bond motifs is 1. The predicted octanol–water partition coefficient (Wildman–Crippen LogP) is 4.47. The molecule has 0 saturated heterocycles. The van der Waals surface area contributed by atoms with Crippen molar-refractivity contribution in [3.63, 3.8) is 0 Å². The van der Waals surface area contributed by atoms with Gasteiger partial charge in [-0.15, -0.1) is 0 Å². The number of hydrogen-bond donors (Lipinski definition) is 1. The maximum atomic E-state index is 14.3. The van der Waals surface area contributed by atoms with Crippen molar-refractivity contribution in [2.24, 2.45) is 0 Å². The van der Waals surface area contributed by atoms with Crippen LogP contribution in [0.25, 0.3) is 0 Å². The molecule has 1 amide bonds. The van der Waals surface area contributed by atoms with E-state index in [4.69, 9.17) is 0 Å². The van der Waals surface area contributed by atoms with Gasteiger partial charge in [0.1, 0.15) is 11.9 Å². The number of amides is 1. The number of rotatable bonds is 5. The Hall–Kier alpha value is -1.92. The number of nitrogens with one attached hydrogen (secondary N) is 1. The van der Waals surface area contributed by atoms with Crippen molar-refractivity contribution in [3.8, 4) is 0 Å². The van der Waals surface area contributed by atoms with Gasteiger partial charge >= 0.3 is 29.1 Å². The fourth-order valence-corrected chi connectivity index (χ4v) is 2.51. The van der Waals surface area contributed by atoms with Crippen molar-refractivity contribution >= 4 is 17.5 Å². The molecule has 1 N–H and O–H groups in total. The summed E-state index contributed by atoms with van der Waals surface area (Å²) in [6.45, 7) is 1.42. The molecule has 2 rings (SSSR count). The number of hydrogen-bond acceptors (Lipinski definition) is 2. The van der Waals surface area contributed by atoms with E-state index in [0.29, 0.717) is 11.8 Å². The molecule has 2 aliphatic rings. The number of alkyl halides is 11. The van der Waals surface area contributed by atoms with Crippen LogP contribution in [0, 0.1) is 0 Å². The first-order chi connectivity index (χ1) is 12.4. The van der Waals surface area contributed by atoms with E-state index in [1.54, 1.807) is 0 Å². The molecule has 0 aromatic carbocycles. The number of nitrogens with zero attached hydrogens (tertiary/aromatic N) is 1. The lowest BCUT2D eigenvalue weighted by Gasteiger charge is -2.43. The molecule has 14 heteroatoms. The molecule has 0 radical (unpaired) electrons. The standard InChI is InChI=1S/C14H9ClF10N2O/c1-6-2-3-27-7(5-9(28)26-8(27)4-6)10(16,17)11(18,19)12(20,21)13(22,23)14(15,24)25/h2-5,8H,1H3,(H,26,28). The van der Waals surface area contributed by atoms with Gasteiger partial charge in [0.25, 0.3) is 0 Å². The van der Waals surface area contributed by atoms with E-state index in [1.165, 1.54) is 6.92 Å². The quantitative estimate of drug-likeness (QED) is 0.499. The zero-order chi connectivity index (χ0) is 21.9. The second-order valence-corrected chi connectivity index (χ2v) is 6.39. The Bertz CT molecular complexity index is 769. The fourth-order valence-electron chi connectivity index (χ4n) is 2.39. The van der Waals surface area contributed by atoms with Crippen LogP contribution in [0.3, 0.4) is 0 Å². The molecule has 0 aromatic rings. The minimum absolute atomic E-state index is 0.204. The van der Waals surface area contributed by atoms with Crippen LogP contribution >= 0.6 is 11.6 Å². The van der Waals surface area contributed by atoms with Crippen molar-refractivity contribution in [1.82, 2.24) is 10.2 Å². The average molecular weight is 447 g/mol. The molecule has 0 spiro atoms. The molecule has 1 atom stereocenters. The Morgan fingerprint density at radius 3 is 2.00 bits per heavy atom. The van der Waals surface area contributed by atoms with Crippen molar-refractivity contribution < 1.29 is 48.7 Å². The summed E-state index contributed by atoms with van der Waals surface area (Å²) < 4.78 is 135. The average Bonchev–Trinajstić information content (AvgIpc) is 2.51. The van der Waals surface area contributed by atoms with E-state index in [-0.39, 0.29) is 11.0 Å². The lowest BCUT2D eigenvalue weighted by molar-refractivity contribution is -0.385. The first kappa shape index (κ1) is 22.4. The number of carbonyl (C=O) groups excluding carboxylic acids is 1. The minimum Gasteiger partial charge on any atom is -0.329 e. The van der Waals surface area contributed by atoms with E-state index in [9.17, 15) is 48.7 Å². The predicted molar refractivity (Wildman–Crippen MR) is 75.3 cm³/mol. The third-order valence-electron chi connectivity index (χ3n) is 3.92. The van der Waals surface area contributed by atoms with E-state index in [2.05, 4.69) is 11.6 Å². The minimum atomic E-state index is -7.30. The van der Waals surface area contributed by atoms with Gasteiger partial charge in [-0.05, 0) is 36.2 Å². The van der Waals surface area contributed by atoms with Crippen molar-refractivity contribution in [3.05, 3.63) is 35.7 Å². The van der Waals surface area contributed by atoms with Gasteiger partial charge in [0.05, 0.1) is 0 Å². The van der Waals surface area contributed by atoms with Crippen LogP contribution in [-0.4, -0.2) is 46.0 Å². The van der Waals surface area contributed by atoms with Crippen molar-refractivity contribution in [1.29, 1.82) is 0 Å². The molecular weight excluding hydrogens is 438 g/mol. The van der Waals surface area contributed by atoms with Gasteiger partial charge < -0.3 is 10.2 Å². The van der Waals surface area contributed by atoms with Gasteiger partial charge in [-0.3, -0.25) is 4.79 Å². The highest BCUT2D eigenvalue weighted by atomic mass is 35.5. The molecule has 0 bridgehead atoms. The lowest BCUT2D eigenvalue weighted by Crippen LogP contribution is -2.68. The van der Waals surface area contributed by atoms with Crippen LogP contribution in [0.1, 0.15) is 6.92 Å². The maximum absolute atomic E-state index is 14.3. The summed E-state index contributed by atoms with van der Waals surface area (Å²) in [4.78, 5) is 11.7. The third-order valence-corrected chi connectivity index (χ3v) is 4.15. The Morgan fingerprint density at radius 1 is 0.964 bits per heavy atom. The van der Waals surface area contributed by atoms with Crippen LogP contribution in [0.5, 0.6) is 0 Å². The van der Waals surface area contributed by atoms with Crippen molar-refractivity contribution in [2.75, 3.05) is 0 Å². The molecule has 0 aliphatic carbocycles. The van der Waals surface area contributed by atoms with Gasteiger partial charge in [0.2, 0.25) is 5.91 Å². The summed E-state index contributed by atoms with van der Waals surface area (Å²) in [7, 11) is 0. The highest BCUT2D eigenvalue weighted by Crippen LogP contribution is 2.59. The van der Waals surface area contributed by atoms with Crippen LogP contribution in [-0.2, 0) is 4.79 Å². The molecule has 2 heterocycles. The number of halogens is 11. The molecule has 0 saturated carbocycles. The highest BCUT2D eigenvalue weighted by molar-refractivity contribution is 6.22. The largest absolute Gasteiger partial charge is 0.393 e. The monoisotopic (exact) mass is 446 g/mol.